The van der Waals surface area contributed by atoms with Gasteiger partial charge in [-0.05, 0) is 44.7 Å². The van der Waals surface area contributed by atoms with Crippen LogP contribution in [0.1, 0.15) is 50.8 Å². The lowest BCUT2D eigenvalue weighted by molar-refractivity contribution is -0.143. The molecule has 198 valence electrons. The van der Waals surface area contributed by atoms with Gasteiger partial charge in [0.05, 0.1) is 0 Å². The van der Waals surface area contributed by atoms with E-state index in [4.69, 9.17) is 4.74 Å². The number of nitrogens with zero attached hydrogens (tertiary/aromatic N) is 1. The van der Waals surface area contributed by atoms with Crippen LogP contribution in [0.25, 0.3) is 0 Å². The Morgan fingerprint density at radius 1 is 0.946 bits per heavy atom. The number of amides is 3. The van der Waals surface area contributed by atoms with Gasteiger partial charge >= 0.3 is 12.1 Å². The predicted molar refractivity (Wildman–Crippen MR) is 138 cm³/mol. The average Bonchev–Trinajstić information content (AvgIpc) is 2.86. The molecular weight excluding hydrogens is 474 g/mol. The van der Waals surface area contributed by atoms with Crippen molar-refractivity contribution >= 4 is 23.9 Å². The molecule has 3 rings (SSSR count). The maximum absolute atomic E-state index is 13.4. The third kappa shape index (κ3) is 8.34. The zero-order valence-electron chi connectivity index (χ0n) is 21.5. The number of hydrogen-bond acceptors (Lipinski definition) is 5. The second-order valence-electron chi connectivity index (χ2n) is 10.2. The van der Waals surface area contributed by atoms with Crippen LogP contribution in [0.15, 0.2) is 60.7 Å². The molecule has 2 atom stereocenters. The molecule has 1 aliphatic heterocycles. The second-order valence-corrected chi connectivity index (χ2v) is 10.2. The highest BCUT2D eigenvalue weighted by Gasteiger charge is 2.34. The number of hydrogen-bond donors (Lipinski definition) is 3. The van der Waals surface area contributed by atoms with Gasteiger partial charge in [-0.3, -0.25) is 9.59 Å². The van der Waals surface area contributed by atoms with E-state index < -0.39 is 35.7 Å². The number of ether oxygens (including phenoxy) is 1. The SMILES string of the molecule is CC(C)(C)OC(=O)NC(Cc1ccccc1)C(=O)N1CCC(C(=O)NC(C(=O)O)c2ccccc2)CC1. The Morgan fingerprint density at radius 3 is 2.05 bits per heavy atom. The van der Waals surface area contributed by atoms with Crippen molar-refractivity contribution in [1.82, 2.24) is 15.5 Å². The molecule has 2 unspecified atom stereocenters. The van der Waals surface area contributed by atoms with Crippen LogP contribution in [-0.2, 0) is 25.5 Å². The predicted octanol–water partition coefficient (Wildman–Crippen LogP) is 3.30. The Bertz CT molecular complexity index is 1080. The van der Waals surface area contributed by atoms with E-state index in [2.05, 4.69) is 10.6 Å². The number of nitrogens with one attached hydrogen (secondary N) is 2. The molecule has 3 N–H and O–H groups in total. The van der Waals surface area contributed by atoms with Crippen LogP contribution < -0.4 is 10.6 Å². The van der Waals surface area contributed by atoms with E-state index >= 15 is 0 Å². The van der Waals surface area contributed by atoms with Crippen LogP contribution in [-0.4, -0.2) is 58.6 Å². The Hall–Kier alpha value is -3.88. The summed E-state index contributed by atoms with van der Waals surface area (Å²) >= 11 is 0. The molecule has 2 aromatic carbocycles. The Labute approximate surface area is 217 Å². The number of carbonyl (C=O) groups is 4. The molecule has 0 spiro atoms. The van der Waals surface area contributed by atoms with Gasteiger partial charge in [0, 0.05) is 25.4 Å². The molecule has 37 heavy (non-hydrogen) atoms. The van der Waals surface area contributed by atoms with Crippen LogP contribution >= 0.6 is 0 Å². The van der Waals surface area contributed by atoms with Gasteiger partial charge in [0.25, 0.3) is 0 Å². The summed E-state index contributed by atoms with van der Waals surface area (Å²) in [6.07, 6.45) is 0.417. The Kier molecular flexibility index (Phi) is 9.27. The molecule has 3 amide bonds. The molecule has 0 radical (unpaired) electrons. The van der Waals surface area contributed by atoms with Gasteiger partial charge < -0.3 is 25.4 Å². The summed E-state index contributed by atoms with van der Waals surface area (Å²) < 4.78 is 5.36. The maximum Gasteiger partial charge on any atom is 0.408 e. The topological polar surface area (TPSA) is 125 Å². The molecule has 1 aliphatic rings. The largest absolute Gasteiger partial charge is 0.479 e. The molecule has 0 saturated carbocycles. The van der Waals surface area contributed by atoms with E-state index in [1.807, 2.05) is 30.3 Å². The summed E-state index contributed by atoms with van der Waals surface area (Å²) in [4.78, 5) is 52.1. The first-order valence-electron chi connectivity index (χ1n) is 12.4. The molecule has 9 heteroatoms. The number of aliphatic carboxylic acids is 1. The minimum absolute atomic E-state index is 0.249. The molecular formula is C28H35N3O6. The highest BCUT2D eigenvalue weighted by atomic mass is 16.6. The number of likely N-dealkylation sites (tertiary alicyclic amines) is 1. The quantitative estimate of drug-likeness (QED) is 0.502. The number of piperidine rings is 1. The molecule has 1 saturated heterocycles. The van der Waals surface area contributed by atoms with Crippen LogP contribution in [0.5, 0.6) is 0 Å². The highest BCUT2D eigenvalue weighted by molar-refractivity contribution is 5.88. The number of rotatable bonds is 8. The van der Waals surface area contributed by atoms with E-state index in [-0.39, 0.29) is 11.8 Å². The fourth-order valence-corrected chi connectivity index (χ4v) is 4.28. The highest BCUT2D eigenvalue weighted by Crippen LogP contribution is 2.21. The summed E-state index contributed by atoms with van der Waals surface area (Å²) in [7, 11) is 0. The fourth-order valence-electron chi connectivity index (χ4n) is 4.28. The first kappa shape index (κ1) is 27.7. The van der Waals surface area contributed by atoms with Crippen molar-refractivity contribution < 1.29 is 29.0 Å². The van der Waals surface area contributed by atoms with E-state index in [0.29, 0.717) is 37.9 Å². The first-order chi connectivity index (χ1) is 17.5. The standard InChI is InChI=1S/C28H35N3O6/c1-28(2,3)37-27(36)29-22(18-19-10-6-4-7-11-19)25(33)31-16-14-21(15-17-31)24(32)30-23(26(34)35)20-12-8-5-9-13-20/h4-13,21-23H,14-18H2,1-3H3,(H,29,36)(H,30,32)(H,34,35). The minimum Gasteiger partial charge on any atom is -0.479 e. The van der Waals surface area contributed by atoms with E-state index in [1.165, 1.54) is 0 Å². The number of carboxylic acids is 1. The first-order valence-corrected chi connectivity index (χ1v) is 12.4. The van der Waals surface area contributed by atoms with Crippen molar-refractivity contribution in [3.63, 3.8) is 0 Å². The lowest BCUT2D eigenvalue weighted by Gasteiger charge is -2.34. The summed E-state index contributed by atoms with van der Waals surface area (Å²) in [6.45, 7) is 5.90. The molecule has 1 heterocycles. The average molecular weight is 510 g/mol. The molecule has 2 aromatic rings. The summed E-state index contributed by atoms with van der Waals surface area (Å²) in [6, 6.07) is 16.0. The van der Waals surface area contributed by atoms with Crippen molar-refractivity contribution in [3.8, 4) is 0 Å². The van der Waals surface area contributed by atoms with E-state index in [9.17, 15) is 24.3 Å². The number of carbonyl (C=O) groups excluding carboxylic acids is 3. The van der Waals surface area contributed by atoms with Crippen LogP contribution in [0.2, 0.25) is 0 Å². The zero-order valence-corrected chi connectivity index (χ0v) is 21.5. The van der Waals surface area contributed by atoms with Crippen molar-refractivity contribution in [2.24, 2.45) is 5.92 Å². The third-order valence-corrected chi connectivity index (χ3v) is 6.12. The zero-order chi connectivity index (χ0) is 27.0. The molecule has 9 nitrogen and oxygen atoms in total. The van der Waals surface area contributed by atoms with Gasteiger partial charge in [-0.1, -0.05) is 60.7 Å². The van der Waals surface area contributed by atoms with Crippen LogP contribution in [0.4, 0.5) is 4.79 Å². The fraction of sp³-hybridized carbons (Fsp3) is 0.429. The van der Waals surface area contributed by atoms with Crippen molar-refractivity contribution in [3.05, 3.63) is 71.8 Å². The van der Waals surface area contributed by atoms with Gasteiger partial charge in [-0.15, -0.1) is 0 Å². The lowest BCUT2D eigenvalue weighted by Crippen LogP contribution is -2.53. The van der Waals surface area contributed by atoms with Gasteiger partial charge in [-0.2, -0.15) is 0 Å². The summed E-state index contributed by atoms with van der Waals surface area (Å²) in [5, 5.41) is 14.9. The lowest BCUT2D eigenvalue weighted by atomic mass is 9.94. The van der Waals surface area contributed by atoms with Crippen molar-refractivity contribution in [2.45, 2.75) is 57.7 Å². The van der Waals surface area contributed by atoms with E-state index in [0.717, 1.165) is 5.56 Å². The molecule has 0 aromatic heterocycles. The summed E-state index contributed by atoms with van der Waals surface area (Å²) in [5.74, 6) is -2.15. The monoisotopic (exact) mass is 509 g/mol. The smallest absolute Gasteiger partial charge is 0.408 e. The van der Waals surface area contributed by atoms with Crippen molar-refractivity contribution in [1.29, 1.82) is 0 Å². The normalized spacial score (nSPS) is 15.8. The third-order valence-electron chi connectivity index (χ3n) is 6.12. The Balaban J connectivity index is 1.62. The number of benzene rings is 2. The van der Waals surface area contributed by atoms with Crippen LogP contribution in [0.3, 0.4) is 0 Å². The van der Waals surface area contributed by atoms with Gasteiger partial charge in [0.1, 0.15) is 11.6 Å². The number of carboxylic acid groups (broad SMARTS) is 1. The van der Waals surface area contributed by atoms with Gasteiger partial charge in [0.2, 0.25) is 11.8 Å². The Morgan fingerprint density at radius 2 is 1.51 bits per heavy atom. The number of alkyl carbamates (subject to hydrolysis) is 1. The molecule has 0 bridgehead atoms. The molecule has 0 aliphatic carbocycles. The maximum atomic E-state index is 13.4. The minimum atomic E-state index is -1.14. The van der Waals surface area contributed by atoms with Gasteiger partial charge in [-0.25, -0.2) is 9.59 Å². The van der Waals surface area contributed by atoms with E-state index in [1.54, 1.807) is 56.0 Å². The van der Waals surface area contributed by atoms with Gasteiger partial charge in [0.15, 0.2) is 6.04 Å². The van der Waals surface area contributed by atoms with Crippen molar-refractivity contribution in [2.75, 3.05) is 13.1 Å². The molecule has 1 fully saturated rings. The van der Waals surface area contributed by atoms with Crippen LogP contribution in [0, 0.1) is 5.92 Å². The summed E-state index contributed by atoms with van der Waals surface area (Å²) in [5.41, 5.74) is 0.684. The second kappa shape index (κ2) is 12.4.